The first-order valence-electron chi connectivity index (χ1n) is 17.4. The Morgan fingerprint density at radius 3 is 1.73 bits per heavy atom. The maximum atomic E-state index is 4.95. The van der Waals surface area contributed by atoms with Crippen LogP contribution in [0.25, 0.3) is 105 Å². The van der Waals surface area contributed by atoms with Gasteiger partial charge in [-0.25, -0.2) is 9.97 Å². The van der Waals surface area contributed by atoms with Crippen LogP contribution in [0.4, 0.5) is 0 Å². The highest BCUT2D eigenvalue weighted by molar-refractivity contribution is 6.28. The minimum absolute atomic E-state index is 0.702. The largest absolute Gasteiger partial charge is 0.283 e. The summed E-state index contributed by atoms with van der Waals surface area (Å²) >= 11 is 0. The Labute approximate surface area is 294 Å². The van der Waals surface area contributed by atoms with Gasteiger partial charge in [0.05, 0.1) is 11.2 Å². The van der Waals surface area contributed by atoms with Crippen LogP contribution in [0.1, 0.15) is 0 Å². The smallest absolute Gasteiger partial charge is 0.234 e. The van der Waals surface area contributed by atoms with Crippen molar-refractivity contribution < 1.29 is 0 Å². The fourth-order valence-corrected chi connectivity index (χ4v) is 8.43. The van der Waals surface area contributed by atoms with E-state index in [9.17, 15) is 0 Å². The molecule has 10 aromatic rings. The number of rotatable bonds is 4. The van der Waals surface area contributed by atoms with Crippen molar-refractivity contribution in [3.63, 3.8) is 0 Å². The molecule has 0 saturated heterocycles. The van der Waals surface area contributed by atoms with Crippen molar-refractivity contribution in [2.24, 2.45) is 0 Å². The Bertz CT molecular complexity index is 2920. The van der Waals surface area contributed by atoms with Crippen LogP contribution in [-0.4, -0.2) is 14.4 Å². The summed E-state index contributed by atoms with van der Waals surface area (Å²) in [6.45, 7) is 0. The van der Waals surface area contributed by atoms with Crippen molar-refractivity contribution in [2.45, 2.75) is 0 Å². The van der Waals surface area contributed by atoms with Crippen LogP contribution < -0.4 is 0 Å². The molecule has 1 aliphatic rings. The van der Waals surface area contributed by atoms with Crippen molar-refractivity contribution >= 4 is 38.2 Å². The van der Waals surface area contributed by atoms with Gasteiger partial charge in [0.25, 0.3) is 0 Å². The zero-order chi connectivity index (χ0) is 33.5. The summed E-state index contributed by atoms with van der Waals surface area (Å²) in [6, 6.07) is 59.4. The zero-order valence-electron chi connectivity index (χ0n) is 27.6. The Morgan fingerprint density at radius 1 is 0.412 bits per heavy atom. The molecule has 0 unspecified atom stereocenters. The molecule has 0 spiro atoms. The number of benzene rings is 8. The van der Waals surface area contributed by atoms with Crippen molar-refractivity contribution in [2.75, 3.05) is 0 Å². The van der Waals surface area contributed by atoms with E-state index in [1.54, 1.807) is 0 Å². The molecule has 0 amide bonds. The highest BCUT2D eigenvalue weighted by atomic mass is 15.1. The molecule has 1 aliphatic carbocycles. The van der Waals surface area contributed by atoms with E-state index in [0.717, 1.165) is 22.2 Å². The van der Waals surface area contributed by atoms with E-state index >= 15 is 0 Å². The predicted octanol–water partition coefficient (Wildman–Crippen LogP) is 12.5. The van der Waals surface area contributed by atoms with E-state index in [1.165, 1.54) is 77.2 Å². The summed E-state index contributed by atoms with van der Waals surface area (Å²) in [5.41, 5.74) is 15.7. The molecular weight excluding hydrogens is 619 g/mol. The molecule has 2 aromatic heterocycles. The van der Waals surface area contributed by atoms with Gasteiger partial charge in [-0.1, -0.05) is 152 Å². The summed E-state index contributed by atoms with van der Waals surface area (Å²) in [4.78, 5) is 9.60. The number of fused-ring (bicyclic) bond motifs is 7. The maximum Gasteiger partial charge on any atom is 0.234 e. The first-order valence-corrected chi connectivity index (χ1v) is 17.4. The van der Waals surface area contributed by atoms with Crippen LogP contribution in [0, 0.1) is 0 Å². The van der Waals surface area contributed by atoms with Crippen LogP contribution in [0.2, 0.25) is 0 Å². The average molecular weight is 648 g/mol. The van der Waals surface area contributed by atoms with Gasteiger partial charge in [0.2, 0.25) is 5.78 Å². The van der Waals surface area contributed by atoms with Crippen LogP contribution in [-0.2, 0) is 0 Å². The summed E-state index contributed by atoms with van der Waals surface area (Å²) in [7, 11) is 0. The number of nitrogens with zero attached hydrogens (tertiary/aromatic N) is 3. The lowest BCUT2D eigenvalue weighted by Crippen LogP contribution is -1.93. The standard InChI is InChI=1S/C48H29N3/c1-3-13-30(14-4-1)43-37-20-8-9-21-38(37)44(31-15-5-2-6-16-31)47-40-26-25-35(36-22-12-23-39(45(36)40)46(43)47)32-18-11-19-33(27-32)41-29-51-42-24-10-7-17-34(42)28-49-48(51)50-41/h1-29H. The molecule has 51 heavy (non-hydrogen) atoms. The van der Waals surface area contributed by atoms with Crippen molar-refractivity contribution in [3.8, 4) is 66.9 Å². The fraction of sp³-hybridized carbons (Fsp3) is 0. The molecule has 8 aromatic carbocycles. The normalized spacial score (nSPS) is 11.9. The third kappa shape index (κ3) is 4.12. The SMILES string of the molecule is c1ccc(-c2c3c(c(-c4ccccc4)c4ccccc24)-c2ccc(-c4cccc(-c5cn6c(ncc7ccccc76)n5)c4)c4cccc-3c24)cc1. The molecule has 0 bridgehead atoms. The van der Waals surface area contributed by atoms with Crippen LogP contribution in [0.3, 0.4) is 0 Å². The Balaban J connectivity index is 1.16. The minimum Gasteiger partial charge on any atom is -0.283 e. The lowest BCUT2D eigenvalue weighted by Gasteiger charge is -2.20. The summed E-state index contributed by atoms with van der Waals surface area (Å²) in [5.74, 6) is 0.702. The zero-order valence-corrected chi connectivity index (χ0v) is 27.6. The molecule has 236 valence electrons. The first-order chi connectivity index (χ1) is 25.3. The molecule has 0 N–H and O–H groups in total. The quantitative estimate of drug-likeness (QED) is 0.190. The first kappa shape index (κ1) is 28.0. The van der Waals surface area contributed by atoms with E-state index in [2.05, 4.69) is 173 Å². The molecule has 0 aliphatic heterocycles. The second kappa shape index (κ2) is 10.8. The van der Waals surface area contributed by atoms with Crippen LogP contribution in [0.15, 0.2) is 176 Å². The molecule has 0 saturated carbocycles. The van der Waals surface area contributed by atoms with E-state index < -0.39 is 0 Å². The van der Waals surface area contributed by atoms with Gasteiger partial charge in [-0.3, -0.25) is 4.40 Å². The van der Waals surface area contributed by atoms with Gasteiger partial charge in [0.15, 0.2) is 0 Å². The van der Waals surface area contributed by atoms with Crippen LogP contribution >= 0.6 is 0 Å². The van der Waals surface area contributed by atoms with E-state index in [1.807, 2.05) is 12.3 Å². The van der Waals surface area contributed by atoms with E-state index in [0.29, 0.717) is 5.78 Å². The third-order valence-electron chi connectivity index (χ3n) is 10.6. The molecule has 2 heterocycles. The minimum atomic E-state index is 0.702. The second-order valence-corrected chi connectivity index (χ2v) is 13.4. The van der Waals surface area contributed by atoms with Crippen molar-refractivity contribution in [1.29, 1.82) is 0 Å². The molecule has 0 atom stereocenters. The van der Waals surface area contributed by atoms with Crippen molar-refractivity contribution in [3.05, 3.63) is 176 Å². The van der Waals surface area contributed by atoms with Gasteiger partial charge in [-0.05, 0) is 89.3 Å². The topological polar surface area (TPSA) is 30.2 Å². The Hall–Kier alpha value is -6.84. The number of hydrogen-bond donors (Lipinski definition) is 0. The second-order valence-electron chi connectivity index (χ2n) is 13.4. The summed E-state index contributed by atoms with van der Waals surface area (Å²) < 4.78 is 2.09. The van der Waals surface area contributed by atoms with Gasteiger partial charge < -0.3 is 0 Å². The molecule has 3 nitrogen and oxygen atoms in total. The van der Waals surface area contributed by atoms with Crippen molar-refractivity contribution in [1.82, 2.24) is 14.4 Å². The van der Waals surface area contributed by atoms with Gasteiger partial charge in [0.1, 0.15) is 0 Å². The molecular formula is C48H29N3. The predicted molar refractivity (Wildman–Crippen MR) is 212 cm³/mol. The van der Waals surface area contributed by atoms with E-state index in [4.69, 9.17) is 4.98 Å². The van der Waals surface area contributed by atoms with Gasteiger partial charge in [0, 0.05) is 23.3 Å². The highest BCUT2D eigenvalue weighted by Crippen LogP contribution is 2.58. The number of aromatic nitrogens is 3. The highest BCUT2D eigenvalue weighted by Gasteiger charge is 2.31. The average Bonchev–Trinajstić information content (AvgIpc) is 3.79. The monoisotopic (exact) mass is 647 g/mol. The lowest BCUT2D eigenvalue weighted by molar-refractivity contribution is 1.17. The molecule has 0 fully saturated rings. The maximum absolute atomic E-state index is 4.95. The Morgan fingerprint density at radius 2 is 0.980 bits per heavy atom. The Kier molecular flexibility index (Phi) is 5.96. The van der Waals surface area contributed by atoms with Crippen LogP contribution in [0.5, 0.6) is 0 Å². The summed E-state index contributed by atoms with van der Waals surface area (Å²) in [5, 5.41) is 6.20. The summed E-state index contributed by atoms with van der Waals surface area (Å²) in [6.07, 6.45) is 4.01. The third-order valence-corrected chi connectivity index (χ3v) is 10.6. The molecule has 0 radical (unpaired) electrons. The van der Waals surface area contributed by atoms with Gasteiger partial charge in [-0.2, -0.15) is 0 Å². The fourth-order valence-electron chi connectivity index (χ4n) is 8.43. The number of imidazole rings is 1. The van der Waals surface area contributed by atoms with Gasteiger partial charge >= 0.3 is 0 Å². The lowest BCUT2D eigenvalue weighted by atomic mass is 9.82. The number of para-hydroxylation sites is 1. The van der Waals surface area contributed by atoms with Gasteiger partial charge in [-0.15, -0.1) is 0 Å². The van der Waals surface area contributed by atoms with E-state index in [-0.39, 0.29) is 0 Å². The number of hydrogen-bond acceptors (Lipinski definition) is 2. The molecule has 11 rings (SSSR count). The molecule has 3 heteroatoms.